The monoisotopic (exact) mass is 328 g/mol. The minimum Gasteiger partial charge on any atom is -0.368 e. The normalized spacial score (nSPS) is 20.7. The Labute approximate surface area is 140 Å². The second-order valence-corrected chi connectivity index (χ2v) is 6.28. The molecule has 2 aromatic heterocycles. The first kappa shape index (κ1) is 15.3. The smallest absolute Gasteiger partial charge is 0.276 e. The number of nitrogens with zero attached hydrogens (tertiary/aromatic N) is 4. The lowest BCUT2D eigenvalue weighted by Crippen LogP contribution is -2.43. The minimum absolute atomic E-state index is 0.0685. The zero-order chi connectivity index (χ0) is 16.5. The Morgan fingerprint density at radius 3 is 3.08 bits per heavy atom. The lowest BCUT2D eigenvalue weighted by atomic mass is 9.96. The summed E-state index contributed by atoms with van der Waals surface area (Å²) in [5.41, 5.74) is 2.28. The van der Waals surface area contributed by atoms with E-state index in [0.29, 0.717) is 31.2 Å². The van der Waals surface area contributed by atoms with Crippen LogP contribution >= 0.6 is 0 Å². The number of fused-ring (bicyclic) bond motifs is 1. The van der Waals surface area contributed by atoms with Crippen molar-refractivity contribution in [2.75, 3.05) is 19.7 Å². The van der Waals surface area contributed by atoms with E-state index < -0.39 is 0 Å². The van der Waals surface area contributed by atoms with Crippen molar-refractivity contribution in [2.45, 2.75) is 38.7 Å². The first-order valence-corrected chi connectivity index (χ1v) is 8.40. The molecule has 0 radical (unpaired) electrons. The highest BCUT2D eigenvalue weighted by Gasteiger charge is 2.31. The lowest BCUT2D eigenvalue weighted by Gasteiger charge is -2.32. The molecule has 7 heteroatoms. The van der Waals surface area contributed by atoms with Crippen LogP contribution < -0.4 is 0 Å². The van der Waals surface area contributed by atoms with Crippen molar-refractivity contribution in [1.82, 2.24) is 20.0 Å². The molecule has 4 rings (SSSR count). The van der Waals surface area contributed by atoms with Gasteiger partial charge in [-0.25, -0.2) is 9.97 Å². The zero-order valence-corrected chi connectivity index (χ0v) is 13.7. The van der Waals surface area contributed by atoms with Crippen molar-refractivity contribution < 1.29 is 14.1 Å². The summed E-state index contributed by atoms with van der Waals surface area (Å²) in [6.07, 6.45) is 5.42. The van der Waals surface area contributed by atoms with Gasteiger partial charge in [0.2, 0.25) is 0 Å². The third kappa shape index (κ3) is 2.80. The van der Waals surface area contributed by atoms with E-state index in [2.05, 4.69) is 15.1 Å². The Morgan fingerprint density at radius 1 is 1.33 bits per heavy atom. The molecule has 24 heavy (non-hydrogen) atoms. The van der Waals surface area contributed by atoms with Crippen LogP contribution in [0.1, 0.15) is 52.3 Å². The molecule has 0 aromatic carbocycles. The summed E-state index contributed by atoms with van der Waals surface area (Å²) < 4.78 is 11.2. The molecular formula is C17H20N4O3. The maximum Gasteiger partial charge on any atom is 0.276 e. The Morgan fingerprint density at radius 2 is 2.21 bits per heavy atom. The van der Waals surface area contributed by atoms with E-state index in [9.17, 15) is 4.79 Å². The molecule has 1 saturated heterocycles. The second-order valence-electron chi connectivity index (χ2n) is 6.28. The predicted molar refractivity (Wildman–Crippen MR) is 84.5 cm³/mol. The zero-order valence-electron chi connectivity index (χ0n) is 13.7. The van der Waals surface area contributed by atoms with Crippen molar-refractivity contribution in [3.8, 4) is 0 Å². The molecule has 0 spiro atoms. The average Bonchev–Trinajstić information content (AvgIpc) is 3.05. The Kier molecular flexibility index (Phi) is 4.02. The molecule has 2 aliphatic rings. The van der Waals surface area contributed by atoms with E-state index in [4.69, 9.17) is 9.26 Å². The van der Waals surface area contributed by atoms with Gasteiger partial charge in [0.15, 0.2) is 5.69 Å². The molecule has 2 aromatic rings. The van der Waals surface area contributed by atoms with Gasteiger partial charge in [0, 0.05) is 24.7 Å². The van der Waals surface area contributed by atoms with Crippen LogP contribution in [-0.4, -0.2) is 45.6 Å². The van der Waals surface area contributed by atoms with Crippen LogP contribution in [-0.2, 0) is 17.6 Å². The third-order valence-corrected chi connectivity index (χ3v) is 4.63. The van der Waals surface area contributed by atoms with Gasteiger partial charge in [0.1, 0.15) is 17.7 Å². The van der Waals surface area contributed by atoms with Crippen LogP contribution in [0.25, 0.3) is 0 Å². The summed E-state index contributed by atoms with van der Waals surface area (Å²) in [7, 11) is 0. The van der Waals surface area contributed by atoms with E-state index in [-0.39, 0.29) is 12.0 Å². The van der Waals surface area contributed by atoms with Gasteiger partial charge < -0.3 is 14.2 Å². The van der Waals surface area contributed by atoms with Crippen LogP contribution in [0.4, 0.5) is 0 Å². The molecule has 0 saturated carbocycles. The molecule has 1 aliphatic carbocycles. The van der Waals surface area contributed by atoms with Crippen molar-refractivity contribution in [1.29, 1.82) is 0 Å². The summed E-state index contributed by atoms with van der Waals surface area (Å²) >= 11 is 0. The molecule has 3 heterocycles. The molecule has 1 fully saturated rings. The highest BCUT2D eigenvalue weighted by Crippen LogP contribution is 2.27. The Hall–Kier alpha value is -2.28. The van der Waals surface area contributed by atoms with E-state index in [1.807, 2.05) is 13.0 Å². The summed E-state index contributed by atoms with van der Waals surface area (Å²) in [4.78, 5) is 23.2. The fourth-order valence-electron chi connectivity index (χ4n) is 3.37. The molecule has 0 N–H and O–H groups in total. The lowest BCUT2D eigenvalue weighted by molar-refractivity contribution is -0.0251. The first-order chi connectivity index (χ1) is 11.7. The van der Waals surface area contributed by atoms with Crippen LogP contribution in [0.5, 0.6) is 0 Å². The Balaban J connectivity index is 1.54. The summed E-state index contributed by atoms with van der Waals surface area (Å²) in [5.74, 6) is 1.51. The molecule has 1 aliphatic heterocycles. The number of carbonyl (C=O) groups excluding carboxylic acids is 1. The predicted octanol–water partition coefficient (Wildman–Crippen LogP) is 1.87. The Bertz CT molecular complexity index is 758. The second kappa shape index (κ2) is 6.32. The molecule has 0 bridgehead atoms. The summed E-state index contributed by atoms with van der Waals surface area (Å²) in [6, 6.07) is 1.84. The number of hydrogen-bond acceptors (Lipinski definition) is 6. The van der Waals surface area contributed by atoms with Crippen LogP contribution in [0.3, 0.4) is 0 Å². The number of ether oxygens (including phenoxy) is 1. The SMILES string of the molecule is Cc1nccc([C@H]2CN(C(=O)c3noc4c3CCCC4)CCO2)n1. The van der Waals surface area contributed by atoms with Gasteiger partial charge >= 0.3 is 0 Å². The fraction of sp³-hybridized carbons (Fsp3) is 0.529. The van der Waals surface area contributed by atoms with E-state index in [1.165, 1.54) is 0 Å². The topological polar surface area (TPSA) is 81.4 Å². The molecule has 1 amide bonds. The molecule has 7 nitrogen and oxygen atoms in total. The van der Waals surface area contributed by atoms with Crippen molar-refractivity contribution in [3.63, 3.8) is 0 Å². The van der Waals surface area contributed by atoms with E-state index in [1.54, 1.807) is 11.1 Å². The number of hydrogen-bond donors (Lipinski definition) is 0. The average molecular weight is 328 g/mol. The standard InChI is InChI=1S/C17H20N4O3/c1-11-18-7-6-13(19-11)15-10-21(8-9-23-15)17(22)16-12-4-2-3-5-14(12)24-20-16/h6-7,15H,2-5,8-10H2,1H3/t15-/m1/s1. The summed E-state index contributed by atoms with van der Waals surface area (Å²) in [5, 5.41) is 4.05. The number of carbonyl (C=O) groups is 1. The minimum atomic E-state index is -0.230. The molecule has 1 atom stereocenters. The van der Waals surface area contributed by atoms with Gasteiger partial charge in [-0.05, 0) is 32.3 Å². The van der Waals surface area contributed by atoms with Crippen LogP contribution in [0.15, 0.2) is 16.8 Å². The number of rotatable bonds is 2. The van der Waals surface area contributed by atoms with Gasteiger partial charge in [0.25, 0.3) is 5.91 Å². The highest BCUT2D eigenvalue weighted by molar-refractivity contribution is 5.94. The number of aryl methyl sites for hydroxylation is 2. The van der Waals surface area contributed by atoms with Gasteiger partial charge in [-0.15, -0.1) is 0 Å². The largest absolute Gasteiger partial charge is 0.368 e. The first-order valence-electron chi connectivity index (χ1n) is 8.40. The van der Waals surface area contributed by atoms with Gasteiger partial charge in [-0.2, -0.15) is 0 Å². The van der Waals surface area contributed by atoms with Crippen LogP contribution in [0.2, 0.25) is 0 Å². The number of aromatic nitrogens is 3. The molecular weight excluding hydrogens is 308 g/mol. The summed E-state index contributed by atoms with van der Waals surface area (Å²) in [6.45, 7) is 3.36. The van der Waals surface area contributed by atoms with Crippen molar-refractivity contribution in [2.24, 2.45) is 0 Å². The quantitative estimate of drug-likeness (QED) is 0.837. The van der Waals surface area contributed by atoms with Gasteiger partial charge in [0.05, 0.1) is 18.8 Å². The third-order valence-electron chi connectivity index (χ3n) is 4.63. The van der Waals surface area contributed by atoms with Crippen LogP contribution in [0, 0.1) is 6.92 Å². The van der Waals surface area contributed by atoms with Gasteiger partial charge in [-0.3, -0.25) is 4.79 Å². The maximum absolute atomic E-state index is 12.9. The van der Waals surface area contributed by atoms with Crippen molar-refractivity contribution in [3.05, 3.63) is 40.8 Å². The molecule has 0 unspecified atom stereocenters. The van der Waals surface area contributed by atoms with E-state index in [0.717, 1.165) is 42.7 Å². The number of morpholine rings is 1. The van der Waals surface area contributed by atoms with E-state index >= 15 is 0 Å². The van der Waals surface area contributed by atoms with Gasteiger partial charge in [-0.1, -0.05) is 5.16 Å². The number of amides is 1. The molecule has 126 valence electrons. The maximum atomic E-state index is 12.9. The van der Waals surface area contributed by atoms with Crippen molar-refractivity contribution >= 4 is 5.91 Å². The highest BCUT2D eigenvalue weighted by atomic mass is 16.5. The fourth-order valence-corrected chi connectivity index (χ4v) is 3.37.